The van der Waals surface area contributed by atoms with Gasteiger partial charge in [-0.15, -0.1) is 0 Å². The second-order valence-corrected chi connectivity index (χ2v) is 6.47. The van der Waals surface area contributed by atoms with E-state index >= 15 is 0 Å². The summed E-state index contributed by atoms with van der Waals surface area (Å²) in [5, 5.41) is 7.23. The number of carbonyl (C=O) groups excluding carboxylic acids is 1. The molecule has 0 aromatic carbocycles. The van der Waals surface area contributed by atoms with Crippen molar-refractivity contribution >= 4 is 5.91 Å². The third-order valence-electron chi connectivity index (χ3n) is 4.37. The summed E-state index contributed by atoms with van der Waals surface area (Å²) in [6, 6.07) is 5.52. The maximum atomic E-state index is 12.6. The van der Waals surface area contributed by atoms with Crippen LogP contribution in [0.3, 0.4) is 0 Å². The molecular weight excluding hydrogens is 332 g/mol. The number of nitrogens with zero attached hydrogens (tertiary/aromatic N) is 4. The van der Waals surface area contributed by atoms with E-state index < -0.39 is 5.56 Å². The molecule has 1 aliphatic rings. The molecule has 0 radical (unpaired) electrons. The van der Waals surface area contributed by atoms with Gasteiger partial charge in [-0.05, 0) is 31.0 Å². The van der Waals surface area contributed by atoms with Gasteiger partial charge in [0.25, 0.3) is 11.5 Å². The van der Waals surface area contributed by atoms with Gasteiger partial charge in [-0.3, -0.25) is 19.7 Å². The summed E-state index contributed by atoms with van der Waals surface area (Å²) in [6.07, 6.45) is 6.88. The lowest BCUT2D eigenvalue weighted by Crippen LogP contribution is -2.31. The number of aromatic amines is 2. The molecule has 8 heteroatoms. The lowest BCUT2D eigenvalue weighted by atomic mass is 10.2. The minimum atomic E-state index is -0.473. The van der Waals surface area contributed by atoms with Crippen molar-refractivity contribution in [3.63, 3.8) is 0 Å². The monoisotopic (exact) mass is 350 g/mol. The maximum Gasteiger partial charge on any atom is 0.264 e. The highest BCUT2D eigenvalue weighted by molar-refractivity contribution is 5.93. The van der Waals surface area contributed by atoms with Crippen molar-refractivity contribution in [2.75, 3.05) is 7.05 Å². The van der Waals surface area contributed by atoms with E-state index in [9.17, 15) is 9.59 Å². The van der Waals surface area contributed by atoms with Crippen molar-refractivity contribution in [1.82, 2.24) is 30.0 Å². The first-order valence-electron chi connectivity index (χ1n) is 8.41. The number of nitrogens with one attached hydrogen (secondary N) is 2. The molecule has 8 nitrogen and oxygen atoms in total. The Balaban J connectivity index is 1.50. The standard InChI is InChI=1S/C18H18N6O2/c1-24(10-13-7-15(23-22-13)11-4-5-11)18(26)14-9-20-16(21-17(14)25)12-3-2-6-19-8-12/h2-3,6-9,11H,4-5,10H2,1H3,(H,22,23)(H,20,21,25). The molecule has 0 saturated heterocycles. The highest BCUT2D eigenvalue weighted by Crippen LogP contribution is 2.39. The Labute approximate surface area is 149 Å². The molecule has 3 heterocycles. The lowest BCUT2D eigenvalue weighted by Gasteiger charge is -2.15. The third kappa shape index (κ3) is 3.26. The van der Waals surface area contributed by atoms with Crippen LogP contribution >= 0.6 is 0 Å². The van der Waals surface area contributed by atoms with Gasteiger partial charge in [0.2, 0.25) is 0 Å². The van der Waals surface area contributed by atoms with Crippen molar-refractivity contribution in [2.24, 2.45) is 0 Å². The predicted octanol–water partition coefficient (Wildman–Crippen LogP) is 1.70. The number of rotatable bonds is 5. The molecule has 0 aliphatic heterocycles. The van der Waals surface area contributed by atoms with Crippen molar-refractivity contribution in [3.8, 4) is 11.4 Å². The second-order valence-electron chi connectivity index (χ2n) is 6.47. The Morgan fingerprint density at radius 1 is 1.35 bits per heavy atom. The molecule has 26 heavy (non-hydrogen) atoms. The molecule has 4 rings (SSSR count). The Kier molecular flexibility index (Phi) is 4.08. The molecule has 2 N–H and O–H groups in total. The fourth-order valence-electron chi connectivity index (χ4n) is 2.78. The summed E-state index contributed by atoms with van der Waals surface area (Å²) in [5.74, 6) is 0.539. The molecule has 1 fully saturated rings. The van der Waals surface area contributed by atoms with E-state index in [-0.39, 0.29) is 11.5 Å². The van der Waals surface area contributed by atoms with Crippen LogP contribution in [0.25, 0.3) is 11.4 Å². The van der Waals surface area contributed by atoms with Crippen LogP contribution in [0.1, 0.15) is 40.5 Å². The number of pyridine rings is 1. The Morgan fingerprint density at radius 2 is 2.19 bits per heavy atom. The summed E-state index contributed by atoms with van der Waals surface area (Å²) in [7, 11) is 1.65. The lowest BCUT2D eigenvalue weighted by molar-refractivity contribution is 0.0781. The average molecular weight is 350 g/mol. The van der Waals surface area contributed by atoms with Crippen LogP contribution in [0.5, 0.6) is 0 Å². The first-order valence-corrected chi connectivity index (χ1v) is 8.41. The van der Waals surface area contributed by atoms with E-state index in [1.807, 2.05) is 6.07 Å². The zero-order valence-corrected chi connectivity index (χ0v) is 14.3. The zero-order valence-electron chi connectivity index (χ0n) is 14.3. The summed E-state index contributed by atoms with van der Waals surface area (Å²) in [5.41, 5.74) is 2.10. The predicted molar refractivity (Wildman–Crippen MR) is 94.4 cm³/mol. The quantitative estimate of drug-likeness (QED) is 0.728. The zero-order chi connectivity index (χ0) is 18.1. The van der Waals surface area contributed by atoms with Gasteiger partial charge in [0.1, 0.15) is 11.4 Å². The van der Waals surface area contributed by atoms with Crippen LogP contribution in [-0.4, -0.2) is 43.0 Å². The van der Waals surface area contributed by atoms with Crippen molar-refractivity contribution < 1.29 is 4.79 Å². The SMILES string of the molecule is CN(Cc1cc(C2CC2)n[nH]1)C(=O)c1cnc(-c2cccnc2)[nH]c1=O. The summed E-state index contributed by atoms with van der Waals surface area (Å²) in [6.45, 7) is 0.350. The van der Waals surface area contributed by atoms with Gasteiger partial charge >= 0.3 is 0 Å². The molecule has 3 aromatic rings. The molecule has 0 bridgehead atoms. The fourth-order valence-corrected chi connectivity index (χ4v) is 2.78. The number of amides is 1. The number of carbonyl (C=O) groups is 1. The van der Waals surface area contributed by atoms with E-state index in [2.05, 4.69) is 25.1 Å². The van der Waals surface area contributed by atoms with Gasteiger partial charge in [0.15, 0.2) is 0 Å². The van der Waals surface area contributed by atoms with Crippen LogP contribution in [-0.2, 0) is 6.54 Å². The summed E-state index contributed by atoms with van der Waals surface area (Å²) < 4.78 is 0. The molecule has 1 amide bonds. The van der Waals surface area contributed by atoms with Crippen LogP contribution in [0.2, 0.25) is 0 Å². The van der Waals surface area contributed by atoms with Crippen molar-refractivity contribution in [1.29, 1.82) is 0 Å². The minimum absolute atomic E-state index is 0.00192. The van der Waals surface area contributed by atoms with E-state index in [1.165, 1.54) is 23.9 Å². The summed E-state index contributed by atoms with van der Waals surface area (Å²) in [4.78, 5) is 37.2. The molecule has 0 unspecified atom stereocenters. The van der Waals surface area contributed by atoms with Gasteiger partial charge < -0.3 is 9.88 Å². The normalized spacial score (nSPS) is 13.6. The van der Waals surface area contributed by atoms with Crippen molar-refractivity contribution in [2.45, 2.75) is 25.3 Å². The van der Waals surface area contributed by atoms with Crippen LogP contribution < -0.4 is 5.56 Å². The topological polar surface area (TPSA) is 108 Å². The van der Waals surface area contributed by atoms with E-state index in [0.717, 1.165) is 11.4 Å². The minimum Gasteiger partial charge on any atom is -0.336 e. The molecule has 1 aliphatic carbocycles. The van der Waals surface area contributed by atoms with Gasteiger partial charge in [0.05, 0.1) is 17.9 Å². The molecule has 0 atom stereocenters. The van der Waals surface area contributed by atoms with E-state index in [4.69, 9.17) is 0 Å². The molecule has 1 saturated carbocycles. The number of H-pyrrole nitrogens is 2. The highest BCUT2D eigenvalue weighted by Gasteiger charge is 2.26. The highest BCUT2D eigenvalue weighted by atomic mass is 16.2. The largest absolute Gasteiger partial charge is 0.336 e. The van der Waals surface area contributed by atoms with Crippen molar-refractivity contribution in [3.05, 3.63) is 64.1 Å². The van der Waals surface area contributed by atoms with Gasteiger partial charge in [-0.1, -0.05) is 0 Å². The smallest absolute Gasteiger partial charge is 0.264 e. The molecule has 3 aromatic heterocycles. The van der Waals surface area contributed by atoms with E-state index in [1.54, 1.807) is 31.6 Å². The van der Waals surface area contributed by atoms with Crippen LogP contribution in [0, 0.1) is 0 Å². The maximum absolute atomic E-state index is 12.6. The first kappa shape index (κ1) is 16.2. The Bertz CT molecular complexity index is 990. The van der Waals surface area contributed by atoms with E-state index in [0.29, 0.717) is 23.9 Å². The third-order valence-corrected chi connectivity index (χ3v) is 4.37. The van der Waals surface area contributed by atoms with Crippen LogP contribution in [0.4, 0.5) is 0 Å². The number of hydrogen-bond donors (Lipinski definition) is 2. The first-order chi connectivity index (χ1) is 12.6. The fraction of sp³-hybridized carbons (Fsp3) is 0.278. The number of aromatic nitrogens is 5. The van der Waals surface area contributed by atoms with Gasteiger partial charge in [0, 0.05) is 37.1 Å². The van der Waals surface area contributed by atoms with Crippen LogP contribution in [0.15, 0.2) is 41.6 Å². The molecule has 0 spiro atoms. The molecule has 132 valence electrons. The summed E-state index contributed by atoms with van der Waals surface area (Å²) >= 11 is 0. The van der Waals surface area contributed by atoms with Gasteiger partial charge in [-0.2, -0.15) is 5.10 Å². The molecular formula is C18H18N6O2. The number of hydrogen-bond acceptors (Lipinski definition) is 5. The Morgan fingerprint density at radius 3 is 2.88 bits per heavy atom. The Hall–Kier alpha value is -3.29. The van der Waals surface area contributed by atoms with Gasteiger partial charge in [-0.25, -0.2) is 4.98 Å². The average Bonchev–Trinajstić information content (AvgIpc) is 3.41. The second kappa shape index (κ2) is 6.55.